The number of hydrogen-bond donors (Lipinski definition) is 2. The van der Waals surface area contributed by atoms with Gasteiger partial charge in [0.05, 0.1) is 0 Å². The van der Waals surface area contributed by atoms with E-state index in [2.05, 4.69) is 22.5 Å². The van der Waals surface area contributed by atoms with E-state index < -0.39 is 0 Å². The van der Waals surface area contributed by atoms with Crippen LogP contribution >= 0.6 is 0 Å². The van der Waals surface area contributed by atoms with E-state index in [-0.39, 0.29) is 5.92 Å². The maximum atomic E-state index is 12.1. The summed E-state index contributed by atoms with van der Waals surface area (Å²) in [6, 6.07) is 0. The maximum Gasteiger partial charge on any atom is 0.223 e. The molecule has 1 aliphatic heterocycles. The Labute approximate surface area is 117 Å². The molecule has 1 heterocycles. The molecule has 1 aliphatic carbocycles. The summed E-state index contributed by atoms with van der Waals surface area (Å²) in [6.45, 7) is 8.45. The molecule has 0 radical (unpaired) electrons. The van der Waals surface area contributed by atoms with Gasteiger partial charge in [0.2, 0.25) is 5.91 Å². The lowest BCUT2D eigenvalue weighted by atomic mass is 9.80. The van der Waals surface area contributed by atoms with Gasteiger partial charge >= 0.3 is 0 Å². The summed E-state index contributed by atoms with van der Waals surface area (Å²) in [4.78, 5) is 14.5. The van der Waals surface area contributed by atoms with E-state index in [1.807, 2.05) is 0 Å². The van der Waals surface area contributed by atoms with Crippen molar-refractivity contribution in [3.8, 4) is 0 Å². The summed E-state index contributed by atoms with van der Waals surface area (Å²) >= 11 is 0. The second-order valence-electron chi connectivity index (χ2n) is 6.01. The van der Waals surface area contributed by atoms with Crippen LogP contribution in [0.3, 0.4) is 0 Å². The number of carbonyl (C=O) groups is 1. The van der Waals surface area contributed by atoms with Gasteiger partial charge in [-0.3, -0.25) is 9.69 Å². The summed E-state index contributed by atoms with van der Waals surface area (Å²) in [5.74, 6) is 1.44. The van der Waals surface area contributed by atoms with Crippen LogP contribution in [0.15, 0.2) is 0 Å². The third kappa shape index (κ3) is 4.77. The molecule has 0 bridgehead atoms. The van der Waals surface area contributed by atoms with Crippen LogP contribution in [0.1, 0.15) is 39.0 Å². The van der Waals surface area contributed by atoms with Crippen molar-refractivity contribution >= 4 is 5.91 Å². The molecule has 0 spiro atoms. The number of nitrogens with one attached hydrogen (secondary N) is 2. The molecular formula is C15H29N3O. The molecule has 2 rings (SSSR count). The highest BCUT2D eigenvalue weighted by Gasteiger charge is 2.25. The molecule has 1 saturated carbocycles. The number of piperazine rings is 1. The highest BCUT2D eigenvalue weighted by atomic mass is 16.1. The van der Waals surface area contributed by atoms with Crippen molar-refractivity contribution < 1.29 is 4.79 Å². The quantitative estimate of drug-likeness (QED) is 0.787. The Balaban J connectivity index is 1.59. The van der Waals surface area contributed by atoms with E-state index in [0.29, 0.717) is 5.91 Å². The van der Waals surface area contributed by atoms with Gasteiger partial charge in [-0.1, -0.05) is 13.3 Å². The van der Waals surface area contributed by atoms with Crippen LogP contribution in [-0.4, -0.2) is 50.1 Å². The van der Waals surface area contributed by atoms with Crippen LogP contribution in [0.4, 0.5) is 0 Å². The van der Waals surface area contributed by atoms with Gasteiger partial charge in [-0.25, -0.2) is 0 Å². The molecule has 0 aromatic rings. The lowest BCUT2D eigenvalue weighted by Crippen LogP contribution is -2.46. The van der Waals surface area contributed by atoms with Crippen molar-refractivity contribution in [2.24, 2.45) is 11.8 Å². The van der Waals surface area contributed by atoms with Crippen molar-refractivity contribution in [2.45, 2.75) is 39.0 Å². The first-order valence-corrected chi connectivity index (χ1v) is 8.00. The molecule has 0 aromatic heterocycles. The second-order valence-corrected chi connectivity index (χ2v) is 6.01. The molecule has 1 amide bonds. The van der Waals surface area contributed by atoms with Crippen LogP contribution in [0, 0.1) is 11.8 Å². The monoisotopic (exact) mass is 267 g/mol. The molecule has 0 atom stereocenters. The van der Waals surface area contributed by atoms with Crippen LogP contribution in [0.2, 0.25) is 0 Å². The highest BCUT2D eigenvalue weighted by Crippen LogP contribution is 2.30. The topological polar surface area (TPSA) is 44.4 Å². The SMILES string of the molecule is CCC1CCC(C(=O)NCCN2CCNCC2)CC1. The van der Waals surface area contributed by atoms with Crippen molar-refractivity contribution in [3.63, 3.8) is 0 Å². The number of carbonyl (C=O) groups excluding carboxylic acids is 1. The van der Waals surface area contributed by atoms with E-state index in [4.69, 9.17) is 0 Å². The van der Waals surface area contributed by atoms with E-state index in [1.165, 1.54) is 19.3 Å². The van der Waals surface area contributed by atoms with Crippen molar-refractivity contribution in [2.75, 3.05) is 39.3 Å². The summed E-state index contributed by atoms with van der Waals surface area (Å²) < 4.78 is 0. The maximum absolute atomic E-state index is 12.1. The smallest absolute Gasteiger partial charge is 0.223 e. The molecule has 110 valence electrons. The lowest BCUT2D eigenvalue weighted by Gasteiger charge is -2.29. The Bertz CT molecular complexity index is 269. The van der Waals surface area contributed by atoms with Gasteiger partial charge in [-0.05, 0) is 31.6 Å². The second kappa shape index (κ2) is 7.85. The molecule has 2 N–H and O–H groups in total. The molecule has 0 aromatic carbocycles. The van der Waals surface area contributed by atoms with Crippen LogP contribution in [0.25, 0.3) is 0 Å². The number of hydrogen-bond acceptors (Lipinski definition) is 3. The third-order valence-corrected chi connectivity index (χ3v) is 4.73. The summed E-state index contributed by atoms with van der Waals surface area (Å²) in [6.07, 6.45) is 5.95. The van der Waals surface area contributed by atoms with E-state index in [0.717, 1.165) is 58.0 Å². The first-order valence-electron chi connectivity index (χ1n) is 8.00. The van der Waals surface area contributed by atoms with Crippen LogP contribution in [-0.2, 0) is 4.79 Å². The average Bonchev–Trinajstić information content (AvgIpc) is 2.48. The van der Waals surface area contributed by atoms with Gasteiger partial charge in [-0.2, -0.15) is 0 Å². The summed E-state index contributed by atoms with van der Waals surface area (Å²) in [5, 5.41) is 6.48. The fourth-order valence-corrected chi connectivity index (χ4v) is 3.25. The Hall–Kier alpha value is -0.610. The zero-order valence-corrected chi connectivity index (χ0v) is 12.3. The minimum atomic E-state index is 0.283. The van der Waals surface area contributed by atoms with Gasteiger partial charge in [0.25, 0.3) is 0 Å². The van der Waals surface area contributed by atoms with Gasteiger partial charge < -0.3 is 10.6 Å². The standard InChI is InChI=1S/C15H29N3O/c1-2-13-3-5-14(6-4-13)15(19)17-9-12-18-10-7-16-8-11-18/h13-14,16H,2-12H2,1H3,(H,17,19). The minimum Gasteiger partial charge on any atom is -0.355 e. The fourth-order valence-electron chi connectivity index (χ4n) is 3.25. The van der Waals surface area contributed by atoms with Crippen molar-refractivity contribution in [1.82, 2.24) is 15.5 Å². The van der Waals surface area contributed by atoms with Crippen molar-refractivity contribution in [3.05, 3.63) is 0 Å². The molecule has 2 fully saturated rings. The number of amides is 1. The van der Waals surface area contributed by atoms with E-state index >= 15 is 0 Å². The van der Waals surface area contributed by atoms with Crippen LogP contribution in [0.5, 0.6) is 0 Å². The highest BCUT2D eigenvalue weighted by molar-refractivity contribution is 5.78. The third-order valence-electron chi connectivity index (χ3n) is 4.73. The number of rotatable bonds is 5. The molecule has 2 aliphatic rings. The van der Waals surface area contributed by atoms with Gasteiger partial charge in [0.1, 0.15) is 0 Å². The zero-order chi connectivity index (χ0) is 13.5. The molecule has 4 heteroatoms. The minimum absolute atomic E-state index is 0.283. The van der Waals surface area contributed by atoms with Gasteiger partial charge in [0.15, 0.2) is 0 Å². The lowest BCUT2D eigenvalue weighted by molar-refractivity contribution is -0.126. The summed E-state index contributed by atoms with van der Waals surface area (Å²) in [7, 11) is 0. The van der Waals surface area contributed by atoms with Gasteiger partial charge in [-0.15, -0.1) is 0 Å². The van der Waals surface area contributed by atoms with E-state index in [9.17, 15) is 4.79 Å². The molecule has 1 saturated heterocycles. The fraction of sp³-hybridized carbons (Fsp3) is 0.933. The first-order chi connectivity index (χ1) is 9.29. The number of nitrogens with zero attached hydrogens (tertiary/aromatic N) is 1. The molecule has 4 nitrogen and oxygen atoms in total. The van der Waals surface area contributed by atoms with Gasteiger partial charge in [0, 0.05) is 45.2 Å². The molecular weight excluding hydrogens is 238 g/mol. The normalized spacial score (nSPS) is 29.1. The van der Waals surface area contributed by atoms with E-state index in [1.54, 1.807) is 0 Å². The Morgan fingerprint density at radius 1 is 1.21 bits per heavy atom. The van der Waals surface area contributed by atoms with Crippen LogP contribution < -0.4 is 10.6 Å². The zero-order valence-electron chi connectivity index (χ0n) is 12.3. The van der Waals surface area contributed by atoms with Crippen molar-refractivity contribution in [1.29, 1.82) is 0 Å². The Morgan fingerprint density at radius 2 is 1.89 bits per heavy atom. The molecule has 0 unspecified atom stereocenters. The Kier molecular flexibility index (Phi) is 6.11. The average molecular weight is 267 g/mol. The first kappa shape index (κ1) is 14.8. The predicted octanol–water partition coefficient (Wildman–Crippen LogP) is 1.22. The Morgan fingerprint density at radius 3 is 2.53 bits per heavy atom. The summed E-state index contributed by atoms with van der Waals surface area (Å²) in [5.41, 5.74) is 0. The molecule has 19 heavy (non-hydrogen) atoms. The predicted molar refractivity (Wildman–Crippen MR) is 78.1 cm³/mol. The largest absolute Gasteiger partial charge is 0.355 e.